The molecule has 0 aliphatic carbocycles. The number of aryl methyl sites for hydroxylation is 1. The molecule has 0 fully saturated rings. The highest BCUT2D eigenvalue weighted by molar-refractivity contribution is 7.16. The second-order valence-corrected chi connectivity index (χ2v) is 7.93. The minimum Gasteiger partial charge on any atom is -0.493 e. The molecule has 2 N–H and O–H groups in total. The number of ether oxygens (including phenoxy) is 3. The Kier molecular flexibility index (Phi) is 8.13. The lowest BCUT2D eigenvalue weighted by Crippen LogP contribution is -3.08. The molecule has 1 heterocycles. The lowest BCUT2D eigenvalue weighted by Gasteiger charge is -2.16. The number of halogens is 2. The molecule has 1 aromatic carbocycles. The molecule has 2 aromatic rings. The van der Waals surface area contributed by atoms with Crippen LogP contribution in [0.4, 0.5) is 13.8 Å². The number of quaternary nitrogens is 1. The Morgan fingerprint density at radius 3 is 2.50 bits per heavy atom. The maximum absolute atomic E-state index is 12.5. The summed E-state index contributed by atoms with van der Waals surface area (Å²) in [6, 6.07) is 4.65. The average Bonchev–Trinajstić information content (AvgIpc) is 2.95. The largest absolute Gasteiger partial charge is 0.493 e. The number of rotatable bonds is 9. The quantitative estimate of drug-likeness (QED) is 0.582. The van der Waals surface area contributed by atoms with Crippen LogP contribution in [0, 0.1) is 13.8 Å². The first-order valence-corrected chi connectivity index (χ1v) is 9.89. The number of alkyl halides is 2. The fourth-order valence-electron chi connectivity index (χ4n) is 2.93. The molecule has 30 heavy (non-hydrogen) atoms. The summed E-state index contributed by atoms with van der Waals surface area (Å²) in [6.07, 6.45) is 0. The van der Waals surface area contributed by atoms with Gasteiger partial charge in [-0.3, -0.25) is 4.79 Å². The van der Waals surface area contributed by atoms with Gasteiger partial charge in [-0.25, -0.2) is 4.79 Å². The van der Waals surface area contributed by atoms with E-state index in [2.05, 4.69) is 10.1 Å². The highest BCUT2D eigenvalue weighted by atomic mass is 32.1. The molecule has 0 radical (unpaired) electrons. The van der Waals surface area contributed by atoms with E-state index in [9.17, 15) is 18.4 Å². The molecule has 0 saturated heterocycles. The van der Waals surface area contributed by atoms with Gasteiger partial charge in [0.2, 0.25) is 0 Å². The molecule has 0 aliphatic heterocycles. The number of thiophene rings is 1. The summed E-state index contributed by atoms with van der Waals surface area (Å²) >= 11 is 1.32. The number of carbonyl (C=O) groups is 2. The van der Waals surface area contributed by atoms with Crippen molar-refractivity contribution in [1.29, 1.82) is 0 Å². The van der Waals surface area contributed by atoms with Gasteiger partial charge in [0, 0.05) is 10.4 Å². The van der Waals surface area contributed by atoms with Crippen LogP contribution >= 0.6 is 11.3 Å². The van der Waals surface area contributed by atoms with Gasteiger partial charge in [-0.1, -0.05) is 0 Å². The summed E-state index contributed by atoms with van der Waals surface area (Å²) in [5.74, 6) is -0.614. The zero-order chi connectivity index (χ0) is 22.4. The molecular weight excluding hydrogens is 418 g/mol. The van der Waals surface area contributed by atoms with Crippen LogP contribution in [0.3, 0.4) is 0 Å². The van der Waals surface area contributed by atoms with Crippen molar-refractivity contribution >= 4 is 28.2 Å². The van der Waals surface area contributed by atoms with Crippen molar-refractivity contribution in [3.05, 3.63) is 39.8 Å². The number of carbonyl (C=O) groups excluding carboxylic acids is 2. The predicted molar refractivity (Wildman–Crippen MR) is 109 cm³/mol. The lowest BCUT2D eigenvalue weighted by molar-refractivity contribution is -0.885. The zero-order valence-electron chi connectivity index (χ0n) is 17.4. The first kappa shape index (κ1) is 23.6. The van der Waals surface area contributed by atoms with Crippen LogP contribution in [-0.2, 0) is 16.1 Å². The number of hydrogen-bond donors (Lipinski definition) is 2. The maximum Gasteiger partial charge on any atom is 0.387 e. The van der Waals surface area contributed by atoms with Gasteiger partial charge in [0.25, 0.3) is 5.91 Å². The van der Waals surface area contributed by atoms with E-state index < -0.39 is 12.6 Å². The molecule has 1 atom stereocenters. The smallest absolute Gasteiger partial charge is 0.387 e. The van der Waals surface area contributed by atoms with E-state index in [1.807, 2.05) is 14.0 Å². The molecule has 1 aromatic heterocycles. The summed E-state index contributed by atoms with van der Waals surface area (Å²) in [6.45, 7) is 1.31. The zero-order valence-corrected chi connectivity index (χ0v) is 18.2. The molecule has 1 amide bonds. The van der Waals surface area contributed by atoms with Crippen LogP contribution in [-0.4, -0.2) is 46.3 Å². The molecule has 0 bridgehead atoms. The number of methoxy groups -OCH3 is 2. The molecule has 1 unspecified atom stereocenters. The Morgan fingerprint density at radius 2 is 1.90 bits per heavy atom. The summed E-state index contributed by atoms with van der Waals surface area (Å²) in [5.41, 5.74) is 1.93. The van der Waals surface area contributed by atoms with Crippen LogP contribution < -0.4 is 19.7 Å². The maximum atomic E-state index is 12.5. The van der Waals surface area contributed by atoms with E-state index >= 15 is 0 Å². The van der Waals surface area contributed by atoms with E-state index in [1.54, 1.807) is 19.1 Å². The third kappa shape index (κ3) is 5.90. The number of hydrogen-bond acceptors (Lipinski definition) is 6. The van der Waals surface area contributed by atoms with Crippen LogP contribution in [0.5, 0.6) is 11.5 Å². The van der Waals surface area contributed by atoms with E-state index in [0.29, 0.717) is 17.1 Å². The number of likely N-dealkylation sites (N-methyl/N-ethyl adjacent to an activating group) is 1. The van der Waals surface area contributed by atoms with Gasteiger partial charge in [-0.15, -0.1) is 11.3 Å². The van der Waals surface area contributed by atoms with Gasteiger partial charge < -0.3 is 24.4 Å². The molecule has 10 heteroatoms. The van der Waals surface area contributed by atoms with E-state index in [1.165, 1.54) is 31.6 Å². The number of nitrogens with one attached hydrogen (secondary N) is 2. The minimum absolute atomic E-state index is 0.0505. The summed E-state index contributed by atoms with van der Waals surface area (Å²) in [5, 5.41) is 3.25. The van der Waals surface area contributed by atoms with Crippen LogP contribution in [0.2, 0.25) is 0 Å². The number of anilines is 1. The number of benzene rings is 1. The molecule has 0 spiro atoms. The highest BCUT2D eigenvalue weighted by Gasteiger charge is 2.22. The first-order chi connectivity index (χ1) is 14.2. The molecular formula is C20H25F2N2O5S+. The van der Waals surface area contributed by atoms with Gasteiger partial charge in [0.1, 0.15) is 11.5 Å². The van der Waals surface area contributed by atoms with Crippen molar-refractivity contribution in [2.24, 2.45) is 0 Å². The SMILES string of the molecule is COC(=O)c1c(NC(=O)C[NH+](C)Cc2ccc(OC(F)F)c(OC)c2)sc(C)c1C. The Hall–Kier alpha value is -2.72. The van der Waals surface area contributed by atoms with Crippen molar-refractivity contribution in [3.63, 3.8) is 0 Å². The molecule has 164 valence electrons. The minimum atomic E-state index is -2.94. The fraction of sp³-hybridized carbons (Fsp3) is 0.400. The van der Waals surface area contributed by atoms with Crippen molar-refractivity contribution in [2.75, 3.05) is 33.1 Å². The van der Waals surface area contributed by atoms with Gasteiger partial charge >= 0.3 is 12.6 Å². The second-order valence-electron chi connectivity index (χ2n) is 6.70. The van der Waals surface area contributed by atoms with Crippen LogP contribution in [0.25, 0.3) is 0 Å². The number of esters is 1. The first-order valence-electron chi connectivity index (χ1n) is 9.07. The third-order valence-electron chi connectivity index (χ3n) is 4.44. The molecule has 7 nitrogen and oxygen atoms in total. The second kappa shape index (κ2) is 10.4. The average molecular weight is 443 g/mol. The molecule has 0 aliphatic rings. The van der Waals surface area contributed by atoms with Crippen LogP contribution in [0.15, 0.2) is 18.2 Å². The van der Waals surface area contributed by atoms with E-state index in [0.717, 1.165) is 20.9 Å². The number of amides is 1. The Morgan fingerprint density at radius 1 is 1.20 bits per heavy atom. The summed E-state index contributed by atoms with van der Waals surface area (Å²) in [4.78, 5) is 26.3. The monoisotopic (exact) mass is 443 g/mol. The van der Waals surface area contributed by atoms with Gasteiger partial charge in [-0.2, -0.15) is 8.78 Å². The highest BCUT2D eigenvalue weighted by Crippen LogP contribution is 2.33. The van der Waals surface area contributed by atoms with Crippen molar-refractivity contribution in [2.45, 2.75) is 27.0 Å². The van der Waals surface area contributed by atoms with Crippen molar-refractivity contribution in [1.82, 2.24) is 0 Å². The Balaban J connectivity index is 2.04. The Labute approximate surface area is 177 Å². The Bertz CT molecular complexity index is 917. The standard InChI is InChI=1S/C20H24F2N2O5S/c1-11-12(2)30-18(17(11)19(26)28-5)23-16(25)10-24(3)9-13-6-7-14(29-20(21)22)15(8-13)27-4/h6-8,20H,9-10H2,1-5H3,(H,23,25)/p+1. The molecule has 2 rings (SSSR count). The predicted octanol–water partition coefficient (Wildman–Crippen LogP) is 2.41. The normalized spacial score (nSPS) is 11.9. The van der Waals surface area contributed by atoms with E-state index in [-0.39, 0.29) is 24.0 Å². The molecule has 0 saturated carbocycles. The van der Waals surface area contributed by atoms with E-state index in [4.69, 9.17) is 9.47 Å². The van der Waals surface area contributed by atoms with Gasteiger partial charge in [0.15, 0.2) is 18.0 Å². The van der Waals surface area contributed by atoms with Gasteiger partial charge in [0.05, 0.1) is 26.8 Å². The van der Waals surface area contributed by atoms with Gasteiger partial charge in [-0.05, 0) is 37.6 Å². The van der Waals surface area contributed by atoms with Crippen molar-refractivity contribution < 1.29 is 37.5 Å². The summed E-state index contributed by atoms with van der Waals surface area (Å²) < 4.78 is 39.2. The third-order valence-corrected chi connectivity index (χ3v) is 5.56. The fourth-order valence-corrected chi connectivity index (χ4v) is 4.00. The topological polar surface area (TPSA) is 78.3 Å². The summed E-state index contributed by atoms with van der Waals surface area (Å²) in [7, 11) is 4.48. The lowest BCUT2D eigenvalue weighted by atomic mass is 10.1. The van der Waals surface area contributed by atoms with Crippen LogP contribution in [0.1, 0.15) is 26.4 Å². The van der Waals surface area contributed by atoms with Crippen molar-refractivity contribution in [3.8, 4) is 11.5 Å².